The Bertz CT molecular complexity index is 353. The summed E-state index contributed by atoms with van der Waals surface area (Å²) < 4.78 is 4.96. The smallest absolute Gasteiger partial charge is 0.239 e. The highest BCUT2D eigenvalue weighted by Gasteiger charge is 2.25. The quantitative estimate of drug-likeness (QED) is 0.603. The molecule has 0 fully saturated rings. The Morgan fingerprint density at radius 1 is 1.53 bits per heavy atom. The summed E-state index contributed by atoms with van der Waals surface area (Å²) in [7, 11) is 1.50. The van der Waals surface area contributed by atoms with Gasteiger partial charge in [-0.3, -0.25) is 10.1 Å². The number of nitrogens with zero attached hydrogens (tertiary/aromatic N) is 1. The number of ether oxygens (including phenoxy) is 1. The van der Waals surface area contributed by atoms with Gasteiger partial charge in [0.2, 0.25) is 6.04 Å². The second kappa shape index (κ2) is 4.75. The molecule has 1 aromatic carbocycles. The van der Waals surface area contributed by atoms with E-state index in [1.54, 1.807) is 24.3 Å². The number of benzene rings is 1. The predicted molar refractivity (Wildman–Crippen MR) is 54.4 cm³/mol. The lowest BCUT2D eigenvalue weighted by atomic mass is 10.0. The van der Waals surface area contributed by atoms with Gasteiger partial charge in [-0.05, 0) is 17.7 Å². The minimum Gasteiger partial charge on any atom is -0.497 e. The fraction of sp³-hybridized carbons (Fsp3) is 0.400. The van der Waals surface area contributed by atoms with E-state index in [-0.39, 0.29) is 0 Å². The van der Waals surface area contributed by atoms with Crippen molar-refractivity contribution >= 4 is 0 Å². The maximum atomic E-state index is 10.5. The topological polar surface area (TPSA) is 72.6 Å². The predicted octanol–water partition coefficient (Wildman–Crippen LogP) is 1.39. The molecule has 82 valence electrons. The van der Waals surface area contributed by atoms with E-state index >= 15 is 0 Å². The van der Waals surface area contributed by atoms with Crippen molar-refractivity contribution in [2.24, 2.45) is 0 Å². The molecule has 5 heteroatoms. The van der Waals surface area contributed by atoms with Crippen LogP contribution in [-0.2, 0) is 0 Å². The normalized spacial score (nSPS) is 14.3. The van der Waals surface area contributed by atoms with Crippen LogP contribution in [-0.4, -0.2) is 23.2 Å². The van der Waals surface area contributed by atoms with Gasteiger partial charge in [-0.1, -0.05) is 12.1 Å². The van der Waals surface area contributed by atoms with Gasteiger partial charge in [0.05, 0.1) is 7.11 Å². The Hall–Kier alpha value is -1.62. The maximum Gasteiger partial charge on any atom is 0.239 e. The third-order valence-electron chi connectivity index (χ3n) is 2.22. The molecule has 2 atom stereocenters. The number of hydrogen-bond acceptors (Lipinski definition) is 4. The summed E-state index contributed by atoms with van der Waals surface area (Å²) in [6.45, 7) is 1.37. The Balaban J connectivity index is 2.90. The lowest BCUT2D eigenvalue weighted by Crippen LogP contribution is -2.23. The number of hydrogen-bond donors (Lipinski definition) is 1. The van der Waals surface area contributed by atoms with Crippen molar-refractivity contribution in [3.63, 3.8) is 0 Å². The fourth-order valence-electron chi connectivity index (χ4n) is 1.22. The van der Waals surface area contributed by atoms with Crippen molar-refractivity contribution in [1.29, 1.82) is 0 Å². The van der Waals surface area contributed by atoms with E-state index in [1.807, 2.05) is 0 Å². The third kappa shape index (κ3) is 2.66. The summed E-state index contributed by atoms with van der Waals surface area (Å²) in [6, 6.07) is 5.59. The van der Waals surface area contributed by atoms with Crippen LogP contribution in [0.2, 0.25) is 0 Å². The van der Waals surface area contributed by atoms with Crippen molar-refractivity contribution in [2.75, 3.05) is 7.11 Å². The second-order valence-electron chi connectivity index (χ2n) is 3.25. The van der Waals surface area contributed by atoms with Gasteiger partial charge in [0.25, 0.3) is 0 Å². The third-order valence-corrected chi connectivity index (χ3v) is 2.22. The number of aliphatic hydroxyl groups excluding tert-OH is 1. The van der Waals surface area contributed by atoms with Gasteiger partial charge in [0, 0.05) is 11.8 Å². The van der Waals surface area contributed by atoms with Gasteiger partial charge >= 0.3 is 0 Å². The van der Waals surface area contributed by atoms with Crippen molar-refractivity contribution in [3.8, 4) is 5.75 Å². The molecule has 0 amide bonds. The monoisotopic (exact) mass is 211 g/mol. The zero-order valence-electron chi connectivity index (χ0n) is 8.58. The molecular weight excluding hydrogens is 198 g/mol. The minimum atomic E-state index is -1.12. The van der Waals surface area contributed by atoms with Crippen molar-refractivity contribution in [2.45, 2.75) is 19.1 Å². The minimum absolute atomic E-state index is 0.485. The maximum absolute atomic E-state index is 10.5. The molecular formula is C10H13NO4. The molecule has 0 saturated carbocycles. The van der Waals surface area contributed by atoms with Crippen molar-refractivity contribution in [1.82, 2.24) is 0 Å². The zero-order valence-corrected chi connectivity index (χ0v) is 8.58. The number of aliphatic hydroxyl groups is 1. The molecule has 0 radical (unpaired) electrons. The van der Waals surface area contributed by atoms with Gasteiger partial charge in [0.15, 0.2) is 0 Å². The highest BCUT2D eigenvalue weighted by molar-refractivity contribution is 5.30. The Kier molecular flexibility index (Phi) is 3.62. The molecule has 0 aliphatic carbocycles. The van der Waals surface area contributed by atoms with Crippen molar-refractivity contribution in [3.05, 3.63) is 39.9 Å². The van der Waals surface area contributed by atoms with Crippen LogP contribution in [0, 0.1) is 10.1 Å². The van der Waals surface area contributed by atoms with Crippen LogP contribution in [0.4, 0.5) is 0 Å². The molecule has 0 unspecified atom stereocenters. The lowest BCUT2D eigenvalue weighted by Gasteiger charge is -2.13. The van der Waals surface area contributed by atoms with Gasteiger partial charge in [0.1, 0.15) is 11.9 Å². The number of rotatable bonds is 4. The highest BCUT2D eigenvalue weighted by Crippen LogP contribution is 2.22. The van der Waals surface area contributed by atoms with Crippen LogP contribution < -0.4 is 4.74 Å². The summed E-state index contributed by atoms with van der Waals surface area (Å²) in [5.74, 6) is 0.571. The van der Waals surface area contributed by atoms with E-state index < -0.39 is 17.1 Å². The van der Waals surface area contributed by atoms with Gasteiger partial charge in [-0.15, -0.1) is 0 Å². The summed E-state index contributed by atoms with van der Waals surface area (Å²) in [5.41, 5.74) is 0.485. The molecule has 0 heterocycles. The molecule has 0 aliphatic rings. The molecule has 1 aromatic rings. The van der Waals surface area contributed by atoms with Crippen LogP contribution in [0.5, 0.6) is 5.75 Å². The first-order chi connectivity index (χ1) is 7.06. The van der Waals surface area contributed by atoms with E-state index in [0.717, 1.165) is 0 Å². The first-order valence-electron chi connectivity index (χ1n) is 4.51. The van der Waals surface area contributed by atoms with Crippen molar-refractivity contribution < 1.29 is 14.8 Å². The molecule has 1 rings (SSSR count). The summed E-state index contributed by atoms with van der Waals surface area (Å²) in [6.07, 6.45) is -1.12. The number of nitro groups is 1. The van der Waals surface area contributed by atoms with Crippen LogP contribution in [0.25, 0.3) is 0 Å². The van der Waals surface area contributed by atoms with E-state index in [0.29, 0.717) is 11.3 Å². The average Bonchev–Trinajstić information content (AvgIpc) is 2.27. The highest BCUT2D eigenvalue weighted by atomic mass is 16.6. The molecule has 1 N–H and O–H groups in total. The molecule has 0 spiro atoms. The molecule has 0 aromatic heterocycles. The van der Waals surface area contributed by atoms with Gasteiger partial charge < -0.3 is 9.84 Å². The van der Waals surface area contributed by atoms with Gasteiger partial charge in [-0.2, -0.15) is 0 Å². The molecule has 0 bridgehead atoms. The standard InChI is InChI=1S/C10H13NO4/c1-7(11(13)14)10(12)8-4-3-5-9(6-8)15-2/h3-7,10,12H,1-2H3/t7-,10-/m1/s1. The van der Waals surface area contributed by atoms with Crippen LogP contribution >= 0.6 is 0 Å². The largest absolute Gasteiger partial charge is 0.497 e. The van der Waals surface area contributed by atoms with E-state index in [2.05, 4.69) is 0 Å². The van der Waals surface area contributed by atoms with E-state index in [4.69, 9.17) is 4.74 Å². The van der Waals surface area contributed by atoms with Gasteiger partial charge in [-0.25, -0.2) is 0 Å². The Morgan fingerprint density at radius 2 is 2.20 bits per heavy atom. The first-order valence-corrected chi connectivity index (χ1v) is 4.51. The van der Waals surface area contributed by atoms with Crippen LogP contribution in [0.3, 0.4) is 0 Å². The molecule has 0 saturated heterocycles. The molecule has 15 heavy (non-hydrogen) atoms. The van der Waals surface area contributed by atoms with Crippen LogP contribution in [0.15, 0.2) is 24.3 Å². The number of methoxy groups -OCH3 is 1. The second-order valence-corrected chi connectivity index (χ2v) is 3.25. The Labute approximate surface area is 87.5 Å². The Morgan fingerprint density at radius 3 is 2.73 bits per heavy atom. The van der Waals surface area contributed by atoms with Crippen LogP contribution in [0.1, 0.15) is 18.6 Å². The fourth-order valence-corrected chi connectivity index (χ4v) is 1.22. The molecule has 0 aliphatic heterocycles. The molecule has 5 nitrogen and oxygen atoms in total. The summed E-state index contributed by atoms with van der Waals surface area (Å²) in [5, 5.41) is 20.2. The SMILES string of the molecule is COc1cccc([C@H](O)[C@@H](C)[N+](=O)[O-])c1. The summed E-state index contributed by atoms with van der Waals surface area (Å²) >= 11 is 0. The summed E-state index contributed by atoms with van der Waals surface area (Å²) in [4.78, 5) is 9.97. The van der Waals surface area contributed by atoms with E-state index in [9.17, 15) is 15.2 Å². The van der Waals surface area contributed by atoms with E-state index in [1.165, 1.54) is 14.0 Å². The lowest BCUT2D eigenvalue weighted by molar-refractivity contribution is -0.531. The first kappa shape index (κ1) is 11.5. The average molecular weight is 211 g/mol. The zero-order chi connectivity index (χ0) is 11.4.